The van der Waals surface area contributed by atoms with Crippen molar-refractivity contribution < 1.29 is 0 Å². The number of piperidine rings is 1. The van der Waals surface area contributed by atoms with Crippen molar-refractivity contribution >= 4 is 17.3 Å². The standard InChI is InChI=1S/C18H32N4S/c1-3-5-10-20-18(19-4-2)21-13-16-8-6-11-22(14-16)15-17-9-7-12-23-17/h7,9,12,16H,3-6,8,10-11,13-15H2,1-2H3,(H2,19,20,21). The van der Waals surface area contributed by atoms with Gasteiger partial charge >= 0.3 is 0 Å². The van der Waals surface area contributed by atoms with Crippen LogP contribution < -0.4 is 10.6 Å². The first-order chi connectivity index (χ1) is 11.3. The fourth-order valence-electron chi connectivity index (χ4n) is 3.01. The number of hydrogen-bond donors (Lipinski definition) is 2. The largest absolute Gasteiger partial charge is 0.357 e. The number of aliphatic imine (C=N–C) groups is 1. The minimum Gasteiger partial charge on any atom is -0.357 e. The van der Waals surface area contributed by atoms with Crippen molar-refractivity contribution in [1.82, 2.24) is 15.5 Å². The zero-order valence-corrected chi connectivity index (χ0v) is 15.5. The summed E-state index contributed by atoms with van der Waals surface area (Å²) in [7, 11) is 0. The summed E-state index contributed by atoms with van der Waals surface area (Å²) in [5.74, 6) is 1.67. The van der Waals surface area contributed by atoms with Gasteiger partial charge in [-0.2, -0.15) is 0 Å². The summed E-state index contributed by atoms with van der Waals surface area (Å²) in [5.41, 5.74) is 0. The number of unbranched alkanes of at least 4 members (excludes halogenated alkanes) is 1. The summed E-state index contributed by atoms with van der Waals surface area (Å²) in [6, 6.07) is 4.39. The van der Waals surface area contributed by atoms with Crippen LogP contribution in [0.25, 0.3) is 0 Å². The molecule has 1 fully saturated rings. The van der Waals surface area contributed by atoms with Gasteiger partial charge in [-0.1, -0.05) is 19.4 Å². The third-order valence-electron chi connectivity index (χ3n) is 4.24. The van der Waals surface area contributed by atoms with Gasteiger partial charge < -0.3 is 10.6 Å². The van der Waals surface area contributed by atoms with Crippen LogP contribution in [-0.2, 0) is 6.54 Å². The van der Waals surface area contributed by atoms with Gasteiger partial charge in [-0.15, -0.1) is 11.3 Å². The van der Waals surface area contributed by atoms with Crippen molar-refractivity contribution in [1.29, 1.82) is 0 Å². The van der Waals surface area contributed by atoms with Gasteiger partial charge in [0, 0.05) is 37.6 Å². The van der Waals surface area contributed by atoms with E-state index in [1.54, 1.807) is 0 Å². The average Bonchev–Trinajstić information content (AvgIpc) is 3.06. The molecule has 1 atom stereocenters. The molecule has 0 saturated carbocycles. The third-order valence-corrected chi connectivity index (χ3v) is 5.10. The Bertz CT molecular complexity index is 444. The van der Waals surface area contributed by atoms with E-state index in [4.69, 9.17) is 4.99 Å². The zero-order valence-electron chi connectivity index (χ0n) is 14.7. The number of nitrogens with one attached hydrogen (secondary N) is 2. The molecule has 1 aromatic heterocycles. The second-order valence-corrected chi connectivity index (χ2v) is 7.35. The number of rotatable bonds is 8. The fourth-order valence-corrected chi connectivity index (χ4v) is 3.76. The topological polar surface area (TPSA) is 39.7 Å². The SMILES string of the molecule is CCCCNC(=NCC1CCCN(Cc2cccs2)C1)NCC. The van der Waals surface area contributed by atoms with Crippen LogP contribution in [0.5, 0.6) is 0 Å². The Labute approximate surface area is 145 Å². The minimum absolute atomic E-state index is 0.686. The molecule has 0 aromatic carbocycles. The highest BCUT2D eigenvalue weighted by atomic mass is 32.1. The highest BCUT2D eigenvalue weighted by Crippen LogP contribution is 2.20. The molecular formula is C18H32N4S. The number of thiophene rings is 1. The molecule has 1 aliphatic rings. The Morgan fingerprint density at radius 1 is 1.39 bits per heavy atom. The zero-order chi connectivity index (χ0) is 16.3. The Balaban J connectivity index is 1.78. The predicted octanol–water partition coefficient (Wildman–Crippen LogP) is 3.32. The van der Waals surface area contributed by atoms with Gasteiger partial charge in [0.25, 0.3) is 0 Å². The van der Waals surface area contributed by atoms with E-state index in [1.165, 1.54) is 43.6 Å². The normalized spacial score (nSPS) is 19.7. The Kier molecular flexibility index (Phi) is 8.47. The van der Waals surface area contributed by atoms with Crippen molar-refractivity contribution in [2.24, 2.45) is 10.9 Å². The summed E-state index contributed by atoms with van der Waals surface area (Å²) in [6.45, 7) is 10.7. The van der Waals surface area contributed by atoms with Crippen molar-refractivity contribution in [3.05, 3.63) is 22.4 Å². The van der Waals surface area contributed by atoms with Gasteiger partial charge in [-0.3, -0.25) is 9.89 Å². The molecule has 23 heavy (non-hydrogen) atoms. The molecule has 1 aromatic rings. The smallest absolute Gasteiger partial charge is 0.191 e. The monoisotopic (exact) mass is 336 g/mol. The van der Waals surface area contributed by atoms with Crippen LogP contribution in [0.2, 0.25) is 0 Å². The highest BCUT2D eigenvalue weighted by Gasteiger charge is 2.20. The molecule has 0 spiro atoms. The van der Waals surface area contributed by atoms with E-state index >= 15 is 0 Å². The maximum atomic E-state index is 4.81. The molecule has 0 amide bonds. The summed E-state index contributed by atoms with van der Waals surface area (Å²) in [5, 5.41) is 8.96. The number of likely N-dealkylation sites (tertiary alicyclic amines) is 1. The molecule has 2 heterocycles. The van der Waals surface area contributed by atoms with Crippen molar-refractivity contribution in [3.8, 4) is 0 Å². The number of hydrogen-bond acceptors (Lipinski definition) is 3. The first-order valence-corrected chi connectivity index (χ1v) is 9.96. The molecule has 4 nitrogen and oxygen atoms in total. The lowest BCUT2D eigenvalue weighted by atomic mass is 9.98. The number of nitrogens with zero attached hydrogens (tertiary/aromatic N) is 2. The van der Waals surface area contributed by atoms with Gasteiger partial charge in [0.2, 0.25) is 0 Å². The van der Waals surface area contributed by atoms with Crippen molar-refractivity contribution in [3.63, 3.8) is 0 Å². The van der Waals surface area contributed by atoms with E-state index < -0.39 is 0 Å². The molecule has 1 unspecified atom stereocenters. The predicted molar refractivity (Wildman–Crippen MR) is 101 cm³/mol. The van der Waals surface area contributed by atoms with Crippen LogP contribution in [-0.4, -0.2) is 43.6 Å². The summed E-state index contributed by atoms with van der Waals surface area (Å²) >= 11 is 1.86. The first-order valence-electron chi connectivity index (χ1n) is 9.08. The van der Waals surface area contributed by atoms with Crippen molar-refractivity contribution in [2.45, 2.75) is 46.1 Å². The number of guanidine groups is 1. The average molecular weight is 337 g/mol. The first kappa shape index (κ1) is 18.3. The summed E-state index contributed by atoms with van der Waals surface area (Å²) < 4.78 is 0. The molecule has 0 bridgehead atoms. The lowest BCUT2D eigenvalue weighted by Gasteiger charge is -2.31. The van der Waals surface area contributed by atoms with E-state index in [0.717, 1.165) is 32.1 Å². The van der Waals surface area contributed by atoms with E-state index in [2.05, 4.69) is 46.9 Å². The molecule has 0 radical (unpaired) electrons. The van der Waals surface area contributed by atoms with Gasteiger partial charge in [0.05, 0.1) is 0 Å². The van der Waals surface area contributed by atoms with Crippen LogP contribution in [0.1, 0.15) is 44.4 Å². The lowest BCUT2D eigenvalue weighted by molar-refractivity contribution is 0.172. The molecule has 2 N–H and O–H groups in total. The second kappa shape index (κ2) is 10.7. The summed E-state index contributed by atoms with van der Waals surface area (Å²) in [6.07, 6.45) is 5.01. The van der Waals surface area contributed by atoms with Crippen molar-refractivity contribution in [2.75, 3.05) is 32.7 Å². The third kappa shape index (κ3) is 6.92. The quantitative estimate of drug-likeness (QED) is 0.435. The molecule has 130 valence electrons. The van der Waals surface area contributed by atoms with Gasteiger partial charge in [0.1, 0.15) is 0 Å². The van der Waals surface area contributed by atoms with Gasteiger partial charge in [-0.25, -0.2) is 0 Å². The minimum atomic E-state index is 0.686. The summed E-state index contributed by atoms with van der Waals surface area (Å²) in [4.78, 5) is 8.88. The second-order valence-electron chi connectivity index (χ2n) is 6.32. The molecule has 1 aliphatic heterocycles. The van der Waals surface area contributed by atoms with Crippen LogP contribution in [0.3, 0.4) is 0 Å². The molecule has 0 aliphatic carbocycles. The van der Waals surface area contributed by atoms with Crippen LogP contribution in [0.4, 0.5) is 0 Å². The lowest BCUT2D eigenvalue weighted by Crippen LogP contribution is -2.39. The fraction of sp³-hybridized carbons (Fsp3) is 0.722. The Hall–Kier alpha value is -1.07. The van der Waals surface area contributed by atoms with E-state index in [-0.39, 0.29) is 0 Å². The Morgan fingerprint density at radius 2 is 2.30 bits per heavy atom. The molecule has 1 saturated heterocycles. The van der Waals surface area contributed by atoms with Crippen LogP contribution >= 0.6 is 11.3 Å². The van der Waals surface area contributed by atoms with Crippen LogP contribution in [0, 0.1) is 5.92 Å². The van der Waals surface area contributed by atoms with E-state index in [1.807, 2.05) is 11.3 Å². The highest BCUT2D eigenvalue weighted by molar-refractivity contribution is 7.09. The molecule has 2 rings (SSSR count). The van der Waals surface area contributed by atoms with Gasteiger partial charge in [0.15, 0.2) is 5.96 Å². The Morgan fingerprint density at radius 3 is 3.04 bits per heavy atom. The molecule has 5 heteroatoms. The van der Waals surface area contributed by atoms with Crippen LogP contribution in [0.15, 0.2) is 22.5 Å². The maximum Gasteiger partial charge on any atom is 0.191 e. The maximum absolute atomic E-state index is 4.81. The van der Waals surface area contributed by atoms with E-state index in [9.17, 15) is 0 Å². The van der Waals surface area contributed by atoms with Gasteiger partial charge in [-0.05, 0) is 50.1 Å². The molecular weight excluding hydrogens is 304 g/mol. The van der Waals surface area contributed by atoms with E-state index in [0.29, 0.717) is 5.92 Å².